The molecular weight excluding hydrogens is 531 g/mol. The molecule has 0 bridgehead atoms. The lowest BCUT2D eigenvalue weighted by molar-refractivity contribution is -0.160. The summed E-state index contributed by atoms with van der Waals surface area (Å²) in [5, 5.41) is 24.0. The number of aliphatic hydroxyl groups excluding tert-OH is 1. The maximum absolute atomic E-state index is 14.5. The minimum atomic E-state index is -4.70. The van der Waals surface area contributed by atoms with Gasteiger partial charge in [-0.15, -0.1) is 0 Å². The Morgan fingerprint density at radius 2 is 1.76 bits per heavy atom. The zero-order chi connectivity index (χ0) is 30.0. The summed E-state index contributed by atoms with van der Waals surface area (Å²) in [5.74, 6) is -1.90. The minimum absolute atomic E-state index is 0.00914. The average Bonchev–Trinajstić information content (AvgIpc) is 3.39. The van der Waals surface area contributed by atoms with Crippen LogP contribution >= 0.6 is 0 Å². The molecule has 6 nitrogen and oxygen atoms in total. The number of halogens is 3. The molecule has 6 rings (SSSR count). The molecule has 0 radical (unpaired) electrons. The van der Waals surface area contributed by atoms with Crippen LogP contribution in [-0.2, 0) is 16.4 Å². The first-order valence-electron chi connectivity index (χ1n) is 14.9. The van der Waals surface area contributed by atoms with E-state index in [4.69, 9.17) is 4.52 Å². The van der Waals surface area contributed by atoms with Crippen molar-refractivity contribution in [3.8, 4) is 6.07 Å². The van der Waals surface area contributed by atoms with Gasteiger partial charge in [-0.05, 0) is 85.0 Å². The fourth-order valence-corrected chi connectivity index (χ4v) is 10.3. The van der Waals surface area contributed by atoms with Crippen LogP contribution in [0.15, 0.2) is 27.8 Å². The summed E-state index contributed by atoms with van der Waals surface area (Å²) >= 11 is 0. The van der Waals surface area contributed by atoms with Gasteiger partial charge in [0.05, 0.1) is 23.2 Å². The van der Waals surface area contributed by atoms with E-state index in [0.29, 0.717) is 31.3 Å². The number of nitriles is 1. The van der Waals surface area contributed by atoms with Crippen molar-refractivity contribution in [3.05, 3.63) is 35.0 Å². The summed E-state index contributed by atoms with van der Waals surface area (Å²) in [6.07, 6.45) is 3.21. The van der Waals surface area contributed by atoms with E-state index < -0.39 is 40.3 Å². The number of allylic oxidation sites excluding steroid dienone is 3. The van der Waals surface area contributed by atoms with Crippen LogP contribution in [0, 0.1) is 56.7 Å². The predicted octanol–water partition coefficient (Wildman–Crippen LogP) is 6.96. The quantitative estimate of drug-likeness (QED) is 0.391. The highest BCUT2D eigenvalue weighted by Gasteiger charge is 2.70. The highest BCUT2D eigenvalue weighted by Crippen LogP contribution is 2.74. The van der Waals surface area contributed by atoms with Gasteiger partial charge in [0.1, 0.15) is 0 Å². The normalized spacial score (nSPS) is 45.3. The fraction of sp³-hybridized carbons (Fsp3) is 0.750. The van der Waals surface area contributed by atoms with E-state index in [1.807, 2.05) is 19.1 Å². The number of ketones is 1. The molecule has 1 aromatic rings. The molecule has 3 fully saturated rings. The molecule has 1 aromatic heterocycles. The van der Waals surface area contributed by atoms with E-state index in [-0.39, 0.29) is 40.3 Å². The van der Waals surface area contributed by atoms with Crippen molar-refractivity contribution in [1.29, 1.82) is 5.26 Å². The lowest BCUT2D eigenvalue weighted by atomic mass is 9.35. The SMILES string of the molecule is C[C@@H]1C(O)C(C#N)=C[C@]2(C)C3=CC(=O)[C@@H]4[C@@H]5CC(C)(C)CC[C@]5(c5nc(C(F)(F)F)no5)CC[C@@]4(C)[C@]3(C)CC[C@@H]12. The highest BCUT2D eigenvalue weighted by molar-refractivity contribution is 5.95. The summed E-state index contributed by atoms with van der Waals surface area (Å²) in [6.45, 7) is 12.9. The number of carbonyl (C=O) groups excluding carboxylic acids is 1. The monoisotopic (exact) mass is 571 g/mol. The van der Waals surface area contributed by atoms with Crippen molar-refractivity contribution in [2.45, 2.75) is 104 Å². The zero-order valence-corrected chi connectivity index (χ0v) is 24.7. The van der Waals surface area contributed by atoms with Crippen LogP contribution in [-0.4, -0.2) is 27.1 Å². The van der Waals surface area contributed by atoms with Gasteiger partial charge in [0.25, 0.3) is 5.82 Å². The van der Waals surface area contributed by atoms with Crippen molar-refractivity contribution < 1.29 is 27.6 Å². The molecule has 5 aliphatic rings. The standard InChI is InChI=1S/C32H40F3N3O3/c1-17-19-7-8-29(5)22(28(19,4)14-18(16-36)24(17)40)13-21(39)23-20-15-27(2,3)9-11-31(20,12-10-30(23,29)6)26-37-25(38-41-26)32(33,34)35/h13-14,17,19-20,23-24,40H,7-12,15H2,1-6H3/t17-,19-,20-,23-,24?,28-,29+,30+,31-/m0/s1. The largest absolute Gasteiger partial charge is 0.455 e. The third-order valence-electron chi connectivity index (χ3n) is 12.8. The first-order chi connectivity index (χ1) is 18.9. The minimum Gasteiger partial charge on any atom is -0.387 e. The summed E-state index contributed by atoms with van der Waals surface area (Å²) in [7, 11) is 0. The van der Waals surface area contributed by atoms with Gasteiger partial charge in [-0.1, -0.05) is 58.3 Å². The van der Waals surface area contributed by atoms with Gasteiger partial charge in [-0.3, -0.25) is 4.79 Å². The molecule has 41 heavy (non-hydrogen) atoms. The van der Waals surface area contributed by atoms with Gasteiger partial charge in [-0.2, -0.15) is 23.4 Å². The third-order valence-corrected chi connectivity index (χ3v) is 12.8. The Balaban J connectivity index is 1.51. The van der Waals surface area contributed by atoms with Crippen LogP contribution in [0.3, 0.4) is 0 Å². The fourth-order valence-electron chi connectivity index (χ4n) is 10.3. The van der Waals surface area contributed by atoms with Gasteiger partial charge in [0, 0.05) is 11.3 Å². The molecule has 1 N–H and O–H groups in total. The van der Waals surface area contributed by atoms with Crippen LogP contribution in [0.25, 0.3) is 0 Å². The molecule has 0 amide bonds. The molecule has 0 spiro atoms. The van der Waals surface area contributed by atoms with E-state index in [1.165, 1.54) is 0 Å². The molecule has 0 aromatic carbocycles. The van der Waals surface area contributed by atoms with E-state index in [2.05, 4.69) is 50.8 Å². The Kier molecular flexibility index (Phi) is 5.97. The first kappa shape index (κ1) is 28.6. The Morgan fingerprint density at radius 3 is 2.39 bits per heavy atom. The Hall–Kier alpha value is -2.47. The Labute approximate surface area is 239 Å². The van der Waals surface area contributed by atoms with Gasteiger partial charge < -0.3 is 9.63 Å². The smallest absolute Gasteiger partial charge is 0.387 e. The van der Waals surface area contributed by atoms with E-state index in [1.54, 1.807) is 0 Å². The van der Waals surface area contributed by atoms with Crippen LogP contribution in [0.1, 0.15) is 98.2 Å². The predicted molar refractivity (Wildman–Crippen MR) is 144 cm³/mol. The number of rotatable bonds is 1. The molecular formula is C32H40F3N3O3. The number of aromatic nitrogens is 2. The van der Waals surface area contributed by atoms with E-state index >= 15 is 0 Å². The van der Waals surface area contributed by atoms with Crippen molar-refractivity contribution >= 4 is 5.78 Å². The number of fused-ring (bicyclic) bond motifs is 7. The van der Waals surface area contributed by atoms with Crippen molar-refractivity contribution in [3.63, 3.8) is 0 Å². The second-order valence-electron chi connectivity index (χ2n) is 15.2. The summed E-state index contributed by atoms with van der Waals surface area (Å²) in [4.78, 5) is 18.4. The molecule has 3 saturated carbocycles. The molecule has 0 aliphatic heterocycles. The van der Waals surface area contributed by atoms with Gasteiger partial charge in [-0.25, -0.2) is 0 Å². The maximum Gasteiger partial charge on any atom is 0.455 e. The van der Waals surface area contributed by atoms with Crippen LogP contribution < -0.4 is 0 Å². The average molecular weight is 572 g/mol. The molecule has 9 atom stereocenters. The van der Waals surface area contributed by atoms with Gasteiger partial charge in [0.15, 0.2) is 5.78 Å². The van der Waals surface area contributed by atoms with Crippen molar-refractivity contribution in [1.82, 2.24) is 10.1 Å². The third kappa shape index (κ3) is 3.68. The molecule has 0 saturated heterocycles. The number of carbonyl (C=O) groups is 1. The second kappa shape index (κ2) is 8.55. The Morgan fingerprint density at radius 1 is 1.07 bits per heavy atom. The van der Waals surface area contributed by atoms with Gasteiger partial charge >= 0.3 is 6.18 Å². The molecule has 9 heteroatoms. The lowest BCUT2D eigenvalue weighted by Crippen LogP contribution is -2.65. The van der Waals surface area contributed by atoms with Crippen molar-refractivity contribution in [2.24, 2.45) is 45.3 Å². The van der Waals surface area contributed by atoms with E-state index in [0.717, 1.165) is 24.8 Å². The summed E-state index contributed by atoms with van der Waals surface area (Å²) < 4.78 is 46.0. The molecule has 1 unspecified atom stereocenters. The molecule has 1 heterocycles. The number of hydrogen-bond donors (Lipinski definition) is 1. The molecule has 222 valence electrons. The van der Waals surface area contributed by atoms with Crippen molar-refractivity contribution in [2.75, 3.05) is 0 Å². The second-order valence-corrected chi connectivity index (χ2v) is 15.2. The van der Waals surface area contributed by atoms with Crippen LogP contribution in [0.4, 0.5) is 13.2 Å². The zero-order valence-electron chi connectivity index (χ0n) is 24.7. The van der Waals surface area contributed by atoms with E-state index in [9.17, 15) is 28.3 Å². The number of hydrogen-bond acceptors (Lipinski definition) is 6. The van der Waals surface area contributed by atoms with Crippen LogP contribution in [0.5, 0.6) is 0 Å². The summed E-state index contributed by atoms with van der Waals surface area (Å²) in [6, 6.07) is 2.20. The highest BCUT2D eigenvalue weighted by atomic mass is 19.4. The molecule has 5 aliphatic carbocycles. The summed E-state index contributed by atoms with van der Waals surface area (Å²) in [5.41, 5.74) is -0.841. The Bertz CT molecular complexity index is 1400. The maximum atomic E-state index is 14.5. The number of aliphatic hydroxyl groups is 1. The topological polar surface area (TPSA) is 100 Å². The van der Waals surface area contributed by atoms with Gasteiger partial charge in [0.2, 0.25) is 5.89 Å². The lowest BCUT2D eigenvalue weighted by Gasteiger charge is -2.68. The van der Waals surface area contributed by atoms with Crippen LogP contribution in [0.2, 0.25) is 0 Å². The first-order valence-corrected chi connectivity index (χ1v) is 14.9. The number of alkyl halides is 3. The number of nitrogens with zero attached hydrogens (tertiary/aromatic N) is 3.